The van der Waals surface area contributed by atoms with Crippen LogP contribution in [0.2, 0.25) is 0 Å². The monoisotopic (exact) mass is 343 g/mol. The highest BCUT2D eigenvalue weighted by Gasteiger charge is 2.14. The zero-order valence-electron chi connectivity index (χ0n) is 11.7. The van der Waals surface area contributed by atoms with Gasteiger partial charge in [0, 0.05) is 15.7 Å². The number of nitrogens with one attached hydrogen (secondary N) is 1. The molecule has 2 rings (SSSR count). The van der Waals surface area contributed by atoms with E-state index in [0.29, 0.717) is 28.1 Å². The predicted octanol–water partition coefficient (Wildman–Crippen LogP) is 3.77. The van der Waals surface area contributed by atoms with Crippen molar-refractivity contribution in [3.05, 3.63) is 57.1 Å². The number of carbonyl (C=O) groups is 1. The van der Waals surface area contributed by atoms with Gasteiger partial charge in [-0.05, 0) is 43.2 Å². The van der Waals surface area contributed by atoms with Crippen LogP contribution in [0.5, 0.6) is 0 Å². The number of carbonyl (C=O) groups excluding carboxylic acids is 1. The van der Waals surface area contributed by atoms with Gasteiger partial charge < -0.3 is 11.1 Å². The summed E-state index contributed by atoms with van der Waals surface area (Å²) in [7, 11) is 0. The number of amides is 1. The molecule has 0 atom stereocenters. The van der Waals surface area contributed by atoms with E-state index in [1.54, 1.807) is 31.2 Å². The first-order valence-electron chi connectivity index (χ1n) is 6.30. The highest BCUT2D eigenvalue weighted by atomic mass is 79.9. The summed E-state index contributed by atoms with van der Waals surface area (Å²) in [6.45, 7) is 3.62. The molecule has 0 heterocycles. The van der Waals surface area contributed by atoms with E-state index in [-0.39, 0.29) is 5.91 Å². The van der Waals surface area contributed by atoms with Gasteiger partial charge in [0.25, 0.3) is 5.91 Å². The maximum absolute atomic E-state index is 12.4. The fourth-order valence-electron chi connectivity index (χ4n) is 2.05. The Morgan fingerprint density at radius 2 is 2.05 bits per heavy atom. The smallest absolute Gasteiger partial charge is 0.256 e. The molecule has 0 saturated carbocycles. The molecule has 0 aliphatic rings. The van der Waals surface area contributed by atoms with Crippen molar-refractivity contribution in [1.29, 1.82) is 5.26 Å². The van der Waals surface area contributed by atoms with Crippen LogP contribution < -0.4 is 11.1 Å². The van der Waals surface area contributed by atoms with Crippen LogP contribution in [-0.2, 0) is 0 Å². The summed E-state index contributed by atoms with van der Waals surface area (Å²) in [6.07, 6.45) is 0. The molecular weight excluding hydrogens is 330 g/mol. The Labute approximate surface area is 131 Å². The molecular formula is C16H14BrN3O. The molecule has 21 heavy (non-hydrogen) atoms. The standard InChI is InChI=1S/C16H14BrN3O/c1-9-4-3-5-15(13(9)8-18)20-16(21)12-6-11(17)7-14(19)10(12)2/h3-7H,19H2,1-2H3,(H,20,21). The second-order valence-corrected chi connectivity index (χ2v) is 5.65. The number of aryl methyl sites for hydroxylation is 1. The van der Waals surface area contributed by atoms with E-state index in [1.807, 2.05) is 13.0 Å². The summed E-state index contributed by atoms with van der Waals surface area (Å²) in [4.78, 5) is 12.4. The first-order chi connectivity index (χ1) is 9.93. The van der Waals surface area contributed by atoms with Gasteiger partial charge in [0.1, 0.15) is 6.07 Å². The number of anilines is 2. The summed E-state index contributed by atoms with van der Waals surface area (Å²) >= 11 is 3.33. The van der Waals surface area contributed by atoms with E-state index in [2.05, 4.69) is 27.3 Å². The molecule has 1 amide bonds. The van der Waals surface area contributed by atoms with E-state index in [0.717, 1.165) is 10.0 Å². The van der Waals surface area contributed by atoms with Crippen LogP contribution in [-0.4, -0.2) is 5.91 Å². The molecule has 0 spiro atoms. The van der Waals surface area contributed by atoms with Crippen molar-refractivity contribution in [2.24, 2.45) is 0 Å². The zero-order valence-corrected chi connectivity index (χ0v) is 13.3. The third-order valence-corrected chi connectivity index (χ3v) is 3.75. The Hall–Kier alpha value is -2.32. The van der Waals surface area contributed by atoms with Crippen LogP contribution >= 0.6 is 15.9 Å². The molecule has 0 fully saturated rings. The van der Waals surface area contributed by atoms with Crippen LogP contribution in [0.3, 0.4) is 0 Å². The van der Waals surface area contributed by atoms with Crippen molar-refractivity contribution in [2.75, 3.05) is 11.1 Å². The number of nitrogen functional groups attached to an aromatic ring is 1. The lowest BCUT2D eigenvalue weighted by atomic mass is 10.0. The molecule has 0 saturated heterocycles. The van der Waals surface area contributed by atoms with E-state index < -0.39 is 0 Å². The summed E-state index contributed by atoms with van der Waals surface area (Å²) in [5.41, 5.74) is 9.39. The third-order valence-electron chi connectivity index (χ3n) is 3.29. The minimum Gasteiger partial charge on any atom is -0.398 e. The van der Waals surface area contributed by atoms with Crippen molar-refractivity contribution in [2.45, 2.75) is 13.8 Å². The van der Waals surface area contributed by atoms with Gasteiger partial charge in [-0.15, -0.1) is 0 Å². The maximum Gasteiger partial charge on any atom is 0.256 e. The lowest BCUT2D eigenvalue weighted by molar-refractivity contribution is 0.102. The van der Waals surface area contributed by atoms with Gasteiger partial charge in [0.15, 0.2) is 0 Å². The van der Waals surface area contributed by atoms with Crippen molar-refractivity contribution >= 4 is 33.2 Å². The number of hydrogen-bond acceptors (Lipinski definition) is 3. The van der Waals surface area contributed by atoms with Crippen molar-refractivity contribution in [1.82, 2.24) is 0 Å². The Bertz CT molecular complexity index is 763. The minimum absolute atomic E-state index is 0.289. The first-order valence-corrected chi connectivity index (χ1v) is 7.10. The number of nitrogens with zero attached hydrogens (tertiary/aromatic N) is 1. The quantitative estimate of drug-likeness (QED) is 0.814. The summed E-state index contributed by atoms with van der Waals surface area (Å²) in [5.74, 6) is -0.289. The van der Waals surface area contributed by atoms with E-state index in [9.17, 15) is 10.1 Å². The highest BCUT2D eigenvalue weighted by molar-refractivity contribution is 9.10. The fourth-order valence-corrected chi connectivity index (χ4v) is 2.52. The second-order valence-electron chi connectivity index (χ2n) is 4.73. The predicted molar refractivity (Wildman–Crippen MR) is 87.1 cm³/mol. The Balaban J connectivity index is 2.40. The first kappa shape index (κ1) is 15.1. The number of benzene rings is 2. The van der Waals surface area contributed by atoms with Gasteiger partial charge in [0.2, 0.25) is 0 Å². The van der Waals surface area contributed by atoms with E-state index in [1.165, 1.54) is 0 Å². The van der Waals surface area contributed by atoms with Crippen LogP contribution in [0.1, 0.15) is 27.0 Å². The molecule has 0 aromatic heterocycles. The third kappa shape index (κ3) is 3.06. The maximum atomic E-state index is 12.4. The largest absolute Gasteiger partial charge is 0.398 e. The Kier molecular flexibility index (Phi) is 4.29. The van der Waals surface area contributed by atoms with Crippen LogP contribution in [0, 0.1) is 25.2 Å². The summed E-state index contributed by atoms with van der Waals surface area (Å²) in [6, 6.07) is 10.9. The fraction of sp³-hybridized carbons (Fsp3) is 0.125. The van der Waals surface area contributed by atoms with Crippen molar-refractivity contribution in [3.8, 4) is 6.07 Å². The molecule has 3 N–H and O–H groups in total. The molecule has 106 valence electrons. The van der Waals surface area contributed by atoms with Gasteiger partial charge >= 0.3 is 0 Å². The number of nitrogens with two attached hydrogens (primary N) is 1. The van der Waals surface area contributed by atoms with E-state index in [4.69, 9.17) is 5.73 Å². The van der Waals surface area contributed by atoms with Gasteiger partial charge in [-0.3, -0.25) is 4.79 Å². The van der Waals surface area contributed by atoms with Gasteiger partial charge in [-0.1, -0.05) is 28.1 Å². The lowest BCUT2D eigenvalue weighted by Crippen LogP contribution is -2.15. The molecule has 2 aromatic rings. The topological polar surface area (TPSA) is 78.9 Å². The van der Waals surface area contributed by atoms with Crippen LogP contribution in [0.15, 0.2) is 34.8 Å². The average Bonchev–Trinajstić information content (AvgIpc) is 2.43. The molecule has 5 heteroatoms. The average molecular weight is 344 g/mol. The number of halogens is 1. The van der Waals surface area contributed by atoms with E-state index >= 15 is 0 Å². The summed E-state index contributed by atoms with van der Waals surface area (Å²) in [5, 5.41) is 12.0. The molecule has 0 radical (unpaired) electrons. The number of rotatable bonds is 2. The molecule has 4 nitrogen and oxygen atoms in total. The molecule has 2 aromatic carbocycles. The van der Waals surface area contributed by atoms with Crippen LogP contribution in [0.25, 0.3) is 0 Å². The Morgan fingerprint density at radius 3 is 2.71 bits per heavy atom. The zero-order chi connectivity index (χ0) is 15.6. The van der Waals surface area contributed by atoms with Crippen LogP contribution in [0.4, 0.5) is 11.4 Å². The minimum atomic E-state index is -0.289. The highest BCUT2D eigenvalue weighted by Crippen LogP contribution is 2.25. The van der Waals surface area contributed by atoms with Gasteiger partial charge in [-0.2, -0.15) is 5.26 Å². The Morgan fingerprint density at radius 1 is 1.33 bits per heavy atom. The van der Waals surface area contributed by atoms with Crippen molar-refractivity contribution in [3.63, 3.8) is 0 Å². The number of nitriles is 1. The normalized spacial score (nSPS) is 10.0. The molecule has 0 aliphatic carbocycles. The SMILES string of the molecule is Cc1cccc(NC(=O)c2cc(Br)cc(N)c2C)c1C#N. The van der Waals surface area contributed by atoms with Gasteiger partial charge in [-0.25, -0.2) is 0 Å². The second kappa shape index (κ2) is 5.98. The summed E-state index contributed by atoms with van der Waals surface area (Å²) < 4.78 is 0.737. The molecule has 0 unspecified atom stereocenters. The van der Waals surface area contributed by atoms with Crippen molar-refractivity contribution < 1.29 is 4.79 Å². The molecule has 0 bridgehead atoms. The lowest BCUT2D eigenvalue weighted by Gasteiger charge is -2.12. The van der Waals surface area contributed by atoms with Gasteiger partial charge in [0.05, 0.1) is 11.3 Å². The number of hydrogen-bond donors (Lipinski definition) is 2. The molecule has 0 aliphatic heterocycles.